The van der Waals surface area contributed by atoms with Crippen molar-refractivity contribution >= 4 is 33.7 Å². The molecule has 6 nitrogen and oxygen atoms in total. The van der Waals surface area contributed by atoms with Gasteiger partial charge < -0.3 is 10.6 Å². The molecule has 2 N–H and O–H groups in total. The summed E-state index contributed by atoms with van der Waals surface area (Å²) in [4.78, 5) is 21.7. The van der Waals surface area contributed by atoms with Crippen LogP contribution in [0.3, 0.4) is 0 Å². The van der Waals surface area contributed by atoms with Gasteiger partial charge in [-0.2, -0.15) is 0 Å². The third-order valence-electron chi connectivity index (χ3n) is 4.07. The number of anilines is 2. The minimum atomic E-state index is -0.101. The van der Waals surface area contributed by atoms with Gasteiger partial charge in [-0.3, -0.25) is 9.20 Å². The van der Waals surface area contributed by atoms with E-state index in [1.54, 1.807) is 30.5 Å². The van der Waals surface area contributed by atoms with Gasteiger partial charge in [-0.1, -0.05) is 17.4 Å². The number of amides is 1. The number of nitrogens with zero attached hydrogens (tertiary/aromatic N) is 3. The number of aryl methyl sites for hydroxylation is 1. The molecule has 130 valence electrons. The van der Waals surface area contributed by atoms with Crippen LogP contribution in [-0.2, 0) is 0 Å². The Kier molecular flexibility index (Phi) is 4.14. The van der Waals surface area contributed by atoms with Crippen LogP contribution in [0, 0.1) is 6.92 Å². The fraction of sp³-hybridized carbons (Fsp3) is 0.105. The molecule has 0 radical (unpaired) electrons. The molecule has 26 heavy (non-hydrogen) atoms. The van der Waals surface area contributed by atoms with Gasteiger partial charge in [0.2, 0.25) is 0 Å². The van der Waals surface area contributed by atoms with Crippen LogP contribution in [-0.4, -0.2) is 27.3 Å². The lowest BCUT2D eigenvalue weighted by molar-refractivity contribution is 0.0963. The number of benzene rings is 1. The average molecular weight is 363 g/mol. The summed E-state index contributed by atoms with van der Waals surface area (Å²) in [6, 6.07) is 13.3. The van der Waals surface area contributed by atoms with E-state index >= 15 is 0 Å². The maximum absolute atomic E-state index is 11.6. The minimum Gasteiger partial charge on any atom is -0.355 e. The Labute approximate surface area is 154 Å². The number of nitrogens with one attached hydrogen (secondary N) is 2. The molecule has 0 unspecified atom stereocenters. The Morgan fingerprint density at radius 3 is 2.73 bits per heavy atom. The zero-order valence-corrected chi connectivity index (χ0v) is 15.2. The first-order valence-electron chi connectivity index (χ1n) is 8.15. The van der Waals surface area contributed by atoms with Gasteiger partial charge in [0, 0.05) is 30.7 Å². The van der Waals surface area contributed by atoms with E-state index in [1.165, 1.54) is 0 Å². The smallest absolute Gasteiger partial charge is 0.251 e. The highest BCUT2D eigenvalue weighted by Gasteiger charge is 2.14. The summed E-state index contributed by atoms with van der Waals surface area (Å²) in [5.41, 5.74) is 4.46. The molecule has 0 atom stereocenters. The minimum absolute atomic E-state index is 0.101. The monoisotopic (exact) mass is 363 g/mol. The summed E-state index contributed by atoms with van der Waals surface area (Å²) in [7, 11) is 1.62. The highest BCUT2D eigenvalue weighted by molar-refractivity contribution is 7.18. The fourth-order valence-corrected chi connectivity index (χ4v) is 3.76. The molecule has 4 rings (SSSR count). The lowest BCUT2D eigenvalue weighted by Crippen LogP contribution is -2.17. The maximum atomic E-state index is 11.6. The Morgan fingerprint density at radius 1 is 1.15 bits per heavy atom. The lowest BCUT2D eigenvalue weighted by atomic mass is 10.2. The summed E-state index contributed by atoms with van der Waals surface area (Å²) in [6.45, 7) is 2.01. The van der Waals surface area contributed by atoms with Crippen LogP contribution in [0.25, 0.3) is 16.2 Å². The second-order valence-corrected chi connectivity index (χ2v) is 6.82. The molecule has 0 aliphatic rings. The molecular formula is C19H17N5OS. The molecule has 0 aliphatic carbocycles. The van der Waals surface area contributed by atoms with Crippen LogP contribution in [0.15, 0.2) is 54.9 Å². The molecule has 3 heterocycles. The zero-order chi connectivity index (χ0) is 18.1. The number of carbonyl (C=O) groups is 1. The van der Waals surface area contributed by atoms with Gasteiger partial charge in [-0.05, 0) is 43.3 Å². The molecule has 1 amide bonds. The Morgan fingerprint density at radius 2 is 1.96 bits per heavy atom. The van der Waals surface area contributed by atoms with Crippen LogP contribution in [0.1, 0.15) is 16.1 Å². The number of pyridine rings is 1. The highest BCUT2D eigenvalue weighted by atomic mass is 32.1. The summed E-state index contributed by atoms with van der Waals surface area (Å²) in [6.07, 6.45) is 3.87. The predicted molar refractivity (Wildman–Crippen MR) is 104 cm³/mol. The Bertz CT molecular complexity index is 1080. The molecule has 0 saturated heterocycles. The van der Waals surface area contributed by atoms with Crippen LogP contribution in [0.5, 0.6) is 0 Å². The summed E-state index contributed by atoms with van der Waals surface area (Å²) >= 11 is 1.57. The van der Waals surface area contributed by atoms with E-state index in [-0.39, 0.29) is 5.91 Å². The van der Waals surface area contributed by atoms with Crippen molar-refractivity contribution in [2.24, 2.45) is 0 Å². The molecule has 0 saturated carbocycles. The number of thiazole rings is 1. The van der Waals surface area contributed by atoms with Crippen LogP contribution < -0.4 is 10.6 Å². The molecule has 0 fully saturated rings. The van der Waals surface area contributed by atoms with E-state index in [1.807, 2.05) is 49.6 Å². The normalized spacial score (nSPS) is 10.8. The molecule has 0 spiro atoms. The van der Waals surface area contributed by atoms with Crippen molar-refractivity contribution in [1.29, 1.82) is 0 Å². The molecule has 3 aromatic heterocycles. The van der Waals surface area contributed by atoms with E-state index in [0.717, 1.165) is 32.7 Å². The Balaban J connectivity index is 1.60. The molecule has 0 bridgehead atoms. The van der Waals surface area contributed by atoms with Gasteiger partial charge in [-0.25, -0.2) is 9.97 Å². The van der Waals surface area contributed by atoms with Crippen molar-refractivity contribution in [2.45, 2.75) is 6.92 Å². The van der Waals surface area contributed by atoms with Crippen molar-refractivity contribution in [3.05, 3.63) is 66.1 Å². The van der Waals surface area contributed by atoms with Crippen molar-refractivity contribution in [3.8, 4) is 10.6 Å². The SMILES string of the molecule is CNC(=O)c1ccc(Nc2ncc(-c3c(C)nc4ccccn34)s2)cc1. The first-order valence-corrected chi connectivity index (χ1v) is 8.96. The van der Waals surface area contributed by atoms with Gasteiger partial charge >= 0.3 is 0 Å². The molecule has 0 aliphatic heterocycles. The van der Waals surface area contributed by atoms with E-state index in [2.05, 4.69) is 25.0 Å². The van der Waals surface area contributed by atoms with E-state index in [9.17, 15) is 4.79 Å². The van der Waals surface area contributed by atoms with E-state index in [0.29, 0.717) is 5.56 Å². The molecule has 7 heteroatoms. The second kappa shape index (κ2) is 6.61. The third-order valence-corrected chi connectivity index (χ3v) is 4.99. The Hall–Kier alpha value is -3.19. The molecular weight excluding hydrogens is 346 g/mol. The van der Waals surface area contributed by atoms with Gasteiger partial charge in [0.1, 0.15) is 5.65 Å². The van der Waals surface area contributed by atoms with Gasteiger partial charge in [-0.15, -0.1) is 0 Å². The highest BCUT2D eigenvalue weighted by Crippen LogP contribution is 2.33. The van der Waals surface area contributed by atoms with Crippen LogP contribution in [0.4, 0.5) is 10.8 Å². The maximum Gasteiger partial charge on any atom is 0.251 e. The summed E-state index contributed by atoms with van der Waals surface area (Å²) in [5.74, 6) is -0.101. The first kappa shape index (κ1) is 16.3. The lowest BCUT2D eigenvalue weighted by Gasteiger charge is -2.04. The van der Waals surface area contributed by atoms with E-state index in [4.69, 9.17) is 0 Å². The molecule has 4 aromatic rings. The summed E-state index contributed by atoms with van der Waals surface area (Å²) < 4.78 is 2.07. The fourth-order valence-electron chi connectivity index (χ4n) is 2.82. The number of hydrogen-bond acceptors (Lipinski definition) is 5. The topological polar surface area (TPSA) is 71.3 Å². The predicted octanol–water partition coefficient (Wildman–Crippen LogP) is 3.87. The van der Waals surface area contributed by atoms with Crippen molar-refractivity contribution < 1.29 is 4.79 Å². The van der Waals surface area contributed by atoms with Gasteiger partial charge in [0.15, 0.2) is 5.13 Å². The largest absolute Gasteiger partial charge is 0.355 e. The number of aromatic nitrogens is 3. The van der Waals surface area contributed by atoms with Crippen LogP contribution in [0.2, 0.25) is 0 Å². The van der Waals surface area contributed by atoms with Crippen molar-refractivity contribution in [1.82, 2.24) is 19.7 Å². The molecule has 1 aromatic carbocycles. The number of hydrogen-bond donors (Lipinski definition) is 2. The quantitative estimate of drug-likeness (QED) is 0.577. The standard InChI is InChI=1S/C19H17N5OS/c1-12-17(24-10-4-3-5-16(24)22-12)15-11-21-19(26-15)23-14-8-6-13(7-9-14)18(25)20-2/h3-11H,1-2H3,(H,20,25)(H,21,23). The van der Waals surface area contributed by atoms with Gasteiger partial charge in [0.25, 0.3) is 5.91 Å². The van der Waals surface area contributed by atoms with E-state index < -0.39 is 0 Å². The van der Waals surface area contributed by atoms with Crippen molar-refractivity contribution in [2.75, 3.05) is 12.4 Å². The second-order valence-electron chi connectivity index (χ2n) is 5.79. The van der Waals surface area contributed by atoms with Crippen LogP contribution >= 0.6 is 11.3 Å². The number of imidazole rings is 1. The van der Waals surface area contributed by atoms with Gasteiger partial charge in [0.05, 0.1) is 16.3 Å². The zero-order valence-electron chi connectivity index (χ0n) is 14.4. The number of fused-ring (bicyclic) bond motifs is 1. The third kappa shape index (κ3) is 2.93. The average Bonchev–Trinajstić information content (AvgIpc) is 3.24. The first-order chi connectivity index (χ1) is 12.7. The van der Waals surface area contributed by atoms with Crippen molar-refractivity contribution in [3.63, 3.8) is 0 Å². The number of carbonyl (C=O) groups excluding carboxylic acids is 1. The number of rotatable bonds is 4. The summed E-state index contributed by atoms with van der Waals surface area (Å²) in [5, 5.41) is 6.69.